The van der Waals surface area contributed by atoms with Crippen LogP contribution in [0.25, 0.3) is 0 Å². The van der Waals surface area contributed by atoms with Gasteiger partial charge in [-0.15, -0.1) is 0 Å². The Morgan fingerprint density at radius 2 is 1.76 bits per heavy atom. The number of hydrogen-bond donors (Lipinski definition) is 3. The van der Waals surface area contributed by atoms with Crippen LogP contribution in [-0.2, 0) is 16.0 Å². The number of carbonyl (C=O) groups is 2. The van der Waals surface area contributed by atoms with Crippen LogP contribution in [0.15, 0.2) is 24.3 Å². The normalized spacial score (nSPS) is 12.6. The second-order valence-corrected chi connectivity index (χ2v) is 6.24. The monoisotopic (exact) mass is 292 g/mol. The van der Waals surface area contributed by atoms with Gasteiger partial charge in [-0.25, -0.2) is 0 Å². The van der Waals surface area contributed by atoms with E-state index in [0.29, 0.717) is 5.69 Å². The van der Waals surface area contributed by atoms with Crippen molar-refractivity contribution in [3.05, 3.63) is 29.8 Å². The summed E-state index contributed by atoms with van der Waals surface area (Å²) in [5, 5.41) is 15.3. The molecule has 0 bridgehead atoms. The summed E-state index contributed by atoms with van der Waals surface area (Å²) in [7, 11) is 0. The highest BCUT2D eigenvalue weighted by molar-refractivity contribution is 5.88. The topological polar surface area (TPSA) is 78.4 Å². The lowest BCUT2D eigenvalue weighted by Crippen LogP contribution is -2.39. The summed E-state index contributed by atoms with van der Waals surface area (Å²) in [6.07, 6.45) is -0.333. The average Bonchev–Trinajstić information content (AvgIpc) is 2.36. The molecule has 5 nitrogen and oxygen atoms in total. The SMILES string of the molecule is CC(=O)Nc1ccc(CC(=O)NC[C@H](O)C(C)(C)C)cc1. The number of hydrogen-bond acceptors (Lipinski definition) is 3. The number of nitrogens with one attached hydrogen (secondary N) is 2. The van der Waals surface area contributed by atoms with Gasteiger partial charge in [-0.1, -0.05) is 32.9 Å². The lowest BCUT2D eigenvalue weighted by atomic mass is 9.89. The van der Waals surface area contributed by atoms with E-state index in [9.17, 15) is 14.7 Å². The molecule has 1 aromatic rings. The van der Waals surface area contributed by atoms with Crippen molar-refractivity contribution in [3.8, 4) is 0 Å². The number of carbonyl (C=O) groups excluding carboxylic acids is 2. The maximum absolute atomic E-state index is 11.8. The van der Waals surface area contributed by atoms with Gasteiger partial charge in [0.1, 0.15) is 0 Å². The molecular formula is C16H24N2O3. The molecule has 21 heavy (non-hydrogen) atoms. The van der Waals surface area contributed by atoms with Crippen LogP contribution in [0.1, 0.15) is 33.3 Å². The summed E-state index contributed by atoms with van der Waals surface area (Å²) in [5.41, 5.74) is 1.30. The van der Waals surface area contributed by atoms with Gasteiger partial charge in [-0.05, 0) is 23.1 Å². The first-order valence-corrected chi connectivity index (χ1v) is 7.00. The second kappa shape index (κ2) is 7.22. The Balaban J connectivity index is 2.46. The summed E-state index contributed by atoms with van der Waals surface area (Å²) in [6, 6.07) is 7.11. The summed E-state index contributed by atoms with van der Waals surface area (Å²) >= 11 is 0. The average molecular weight is 292 g/mol. The van der Waals surface area contributed by atoms with Gasteiger partial charge in [0, 0.05) is 19.2 Å². The first kappa shape index (κ1) is 17.2. The minimum atomic E-state index is -0.580. The highest BCUT2D eigenvalue weighted by atomic mass is 16.3. The molecule has 1 atom stereocenters. The van der Waals surface area contributed by atoms with Crippen LogP contribution in [0.2, 0.25) is 0 Å². The van der Waals surface area contributed by atoms with Crippen molar-refractivity contribution in [1.82, 2.24) is 5.32 Å². The molecular weight excluding hydrogens is 268 g/mol. The van der Waals surface area contributed by atoms with E-state index in [1.807, 2.05) is 20.8 Å². The summed E-state index contributed by atoms with van der Waals surface area (Å²) < 4.78 is 0. The summed E-state index contributed by atoms with van der Waals surface area (Å²) in [6.45, 7) is 7.45. The van der Waals surface area contributed by atoms with Crippen LogP contribution in [0.3, 0.4) is 0 Å². The minimum Gasteiger partial charge on any atom is -0.391 e. The van der Waals surface area contributed by atoms with E-state index in [0.717, 1.165) is 5.56 Å². The zero-order valence-electron chi connectivity index (χ0n) is 13.1. The Morgan fingerprint density at radius 1 is 1.19 bits per heavy atom. The van der Waals surface area contributed by atoms with Gasteiger partial charge in [0.2, 0.25) is 11.8 Å². The number of aliphatic hydroxyl groups excluding tert-OH is 1. The van der Waals surface area contributed by atoms with Crippen molar-refractivity contribution >= 4 is 17.5 Å². The zero-order valence-corrected chi connectivity index (χ0v) is 13.1. The van der Waals surface area contributed by atoms with Gasteiger partial charge in [0.15, 0.2) is 0 Å². The van der Waals surface area contributed by atoms with Crippen LogP contribution in [-0.4, -0.2) is 29.6 Å². The predicted octanol–water partition coefficient (Wildman–Crippen LogP) is 1.71. The molecule has 0 aliphatic carbocycles. The van der Waals surface area contributed by atoms with E-state index in [4.69, 9.17) is 0 Å². The van der Waals surface area contributed by atoms with Crippen molar-refractivity contribution in [2.75, 3.05) is 11.9 Å². The molecule has 3 N–H and O–H groups in total. The van der Waals surface area contributed by atoms with Crippen molar-refractivity contribution in [2.45, 2.75) is 40.2 Å². The lowest BCUT2D eigenvalue weighted by molar-refractivity contribution is -0.121. The smallest absolute Gasteiger partial charge is 0.224 e. The Kier molecular flexibility index (Phi) is 5.90. The molecule has 0 fully saturated rings. The Hall–Kier alpha value is -1.88. The fourth-order valence-electron chi connectivity index (χ4n) is 1.67. The fourth-order valence-corrected chi connectivity index (χ4v) is 1.67. The number of benzene rings is 1. The molecule has 0 spiro atoms. The van der Waals surface area contributed by atoms with Crippen LogP contribution in [0.4, 0.5) is 5.69 Å². The van der Waals surface area contributed by atoms with Gasteiger partial charge in [0.05, 0.1) is 12.5 Å². The Morgan fingerprint density at radius 3 is 2.24 bits per heavy atom. The molecule has 0 saturated heterocycles. The van der Waals surface area contributed by atoms with Crippen LogP contribution in [0.5, 0.6) is 0 Å². The third kappa shape index (κ3) is 6.40. The van der Waals surface area contributed by atoms with Gasteiger partial charge >= 0.3 is 0 Å². The maximum atomic E-state index is 11.8. The van der Waals surface area contributed by atoms with E-state index in [1.165, 1.54) is 6.92 Å². The summed E-state index contributed by atoms with van der Waals surface area (Å²) in [4.78, 5) is 22.7. The first-order chi connectivity index (χ1) is 9.68. The zero-order chi connectivity index (χ0) is 16.0. The molecule has 1 aromatic carbocycles. The molecule has 0 aromatic heterocycles. The van der Waals surface area contributed by atoms with Gasteiger partial charge < -0.3 is 15.7 Å². The van der Waals surface area contributed by atoms with Crippen LogP contribution < -0.4 is 10.6 Å². The van der Waals surface area contributed by atoms with Crippen molar-refractivity contribution in [2.24, 2.45) is 5.41 Å². The first-order valence-electron chi connectivity index (χ1n) is 7.00. The molecule has 0 radical (unpaired) electrons. The molecule has 2 amide bonds. The molecule has 0 aliphatic heterocycles. The molecule has 0 heterocycles. The minimum absolute atomic E-state index is 0.128. The van der Waals surface area contributed by atoms with Gasteiger partial charge in [-0.3, -0.25) is 9.59 Å². The van der Waals surface area contributed by atoms with Gasteiger partial charge in [-0.2, -0.15) is 0 Å². The fraction of sp³-hybridized carbons (Fsp3) is 0.500. The molecule has 0 saturated carbocycles. The Labute approximate surface area is 125 Å². The number of rotatable bonds is 5. The molecule has 5 heteroatoms. The quantitative estimate of drug-likeness (QED) is 0.773. The molecule has 0 aliphatic rings. The third-order valence-corrected chi connectivity index (χ3v) is 3.13. The second-order valence-electron chi connectivity index (χ2n) is 6.24. The molecule has 116 valence electrons. The highest BCUT2D eigenvalue weighted by Gasteiger charge is 2.22. The standard InChI is InChI=1S/C16H24N2O3/c1-11(19)18-13-7-5-12(6-8-13)9-15(21)17-10-14(20)16(2,3)4/h5-8,14,20H,9-10H2,1-4H3,(H,17,21)(H,18,19)/t14-/m0/s1. The number of aliphatic hydroxyl groups is 1. The third-order valence-electron chi connectivity index (χ3n) is 3.13. The van der Waals surface area contributed by atoms with Crippen molar-refractivity contribution in [3.63, 3.8) is 0 Å². The van der Waals surface area contributed by atoms with Crippen molar-refractivity contribution in [1.29, 1.82) is 0 Å². The number of anilines is 1. The van der Waals surface area contributed by atoms with Crippen LogP contribution >= 0.6 is 0 Å². The van der Waals surface area contributed by atoms with E-state index < -0.39 is 6.10 Å². The van der Waals surface area contributed by atoms with Crippen molar-refractivity contribution < 1.29 is 14.7 Å². The van der Waals surface area contributed by atoms with E-state index >= 15 is 0 Å². The largest absolute Gasteiger partial charge is 0.391 e. The van der Waals surface area contributed by atoms with Gasteiger partial charge in [0.25, 0.3) is 0 Å². The Bertz CT molecular complexity index is 489. The summed E-state index contributed by atoms with van der Waals surface area (Å²) in [5.74, 6) is -0.262. The predicted molar refractivity (Wildman–Crippen MR) is 82.9 cm³/mol. The molecule has 0 unspecified atom stereocenters. The molecule has 1 rings (SSSR count). The highest BCUT2D eigenvalue weighted by Crippen LogP contribution is 2.18. The van der Waals surface area contributed by atoms with E-state index in [1.54, 1.807) is 24.3 Å². The van der Waals surface area contributed by atoms with E-state index in [2.05, 4.69) is 10.6 Å². The number of amides is 2. The lowest BCUT2D eigenvalue weighted by Gasteiger charge is -2.25. The maximum Gasteiger partial charge on any atom is 0.224 e. The van der Waals surface area contributed by atoms with Crippen LogP contribution in [0, 0.1) is 5.41 Å². The van der Waals surface area contributed by atoms with E-state index in [-0.39, 0.29) is 30.2 Å².